The Morgan fingerprint density at radius 1 is 1.23 bits per heavy atom. The van der Waals surface area contributed by atoms with Crippen molar-refractivity contribution in [1.29, 1.82) is 0 Å². The molecule has 0 spiro atoms. The normalized spacial score (nSPS) is 13.8. The number of aliphatic imine (C=N–C) groups is 1. The van der Waals surface area contributed by atoms with Gasteiger partial charge in [-0.25, -0.2) is 9.79 Å². The van der Waals surface area contributed by atoms with Gasteiger partial charge in [0, 0.05) is 6.42 Å². The van der Waals surface area contributed by atoms with E-state index in [4.69, 9.17) is 21.1 Å². The van der Waals surface area contributed by atoms with Gasteiger partial charge in [0.15, 0.2) is 0 Å². The number of hydrogen-bond donors (Lipinski definition) is 5. The summed E-state index contributed by atoms with van der Waals surface area (Å²) < 4.78 is 38.5. The molecule has 6 N–H and O–H groups in total. The topological polar surface area (TPSA) is 162 Å². The highest BCUT2D eigenvalue weighted by molar-refractivity contribution is 6.21. The van der Waals surface area contributed by atoms with Gasteiger partial charge in [0.05, 0.1) is 23.1 Å². The number of aliphatic carboxylic acids is 2. The van der Waals surface area contributed by atoms with Gasteiger partial charge < -0.3 is 26.4 Å². The van der Waals surface area contributed by atoms with Crippen molar-refractivity contribution in [2.45, 2.75) is 25.1 Å². The quantitative estimate of drug-likeness (QED) is 0.132. The first-order valence-corrected chi connectivity index (χ1v) is 8.24. The fraction of sp³-hybridized carbons (Fsp3) is 0.222. The van der Waals surface area contributed by atoms with E-state index in [2.05, 4.69) is 10.3 Å². The van der Waals surface area contributed by atoms with Gasteiger partial charge >= 0.3 is 18.1 Å². The highest BCUT2D eigenvalue weighted by Gasteiger charge is 2.30. The molecule has 1 aromatic rings. The lowest BCUT2D eigenvalue weighted by molar-refractivity contribution is -0.142. The number of aliphatic hydroxyl groups excluding tert-OH is 1. The van der Waals surface area contributed by atoms with Crippen LogP contribution in [0.15, 0.2) is 53.2 Å². The number of nitrogens with one attached hydrogen (secondary N) is 1. The Labute approximate surface area is 168 Å². The molecule has 1 unspecified atom stereocenters. The number of amidine groups is 1. The van der Waals surface area contributed by atoms with Crippen LogP contribution in [0.25, 0.3) is 0 Å². The third kappa shape index (κ3) is 7.66. The van der Waals surface area contributed by atoms with Crippen molar-refractivity contribution in [3.8, 4) is 0 Å². The van der Waals surface area contributed by atoms with Gasteiger partial charge in [0.1, 0.15) is 11.9 Å². The Bertz CT molecular complexity index is 893. The number of carboxylic acid groups (broad SMARTS) is 2. The first kappa shape index (κ1) is 24.2. The van der Waals surface area contributed by atoms with Crippen molar-refractivity contribution >= 4 is 29.4 Å². The summed E-state index contributed by atoms with van der Waals surface area (Å²) in [5, 5.41) is 28.6. The molecule has 162 valence electrons. The molecule has 9 nitrogen and oxygen atoms in total. The molecule has 1 rings (SSSR count). The van der Waals surface area contributed by atoms with Gasteiger partial charge in [0.25, 0.3) is 5.91 Å². The fourth-order valence-corrected chi connectivity index (χ4v) is 2.13. The molecular formula is C18H18F3N3O6. The molecule has 0 heterocycles. The summed E-state index contributed by atoms with van der Waals surface area (Å²) >= 11 is 0. The third-order valence-electron chi connectivity index (χ3n) is 3.54. The second-order valence-electron chi connectivity index (χ2n) is 5.76. The van der Waals surface area contributed by atoms with Crippen molar-refractivity contribution in [2.75, 3.05) is 0 Å². The van der Waals surface area contributed by atoms with E-state index < -0.39 is 59.9 Å². The highest BCUT2D eigenvalue weighted by atomic mass is 19.4. The number of amides is 1. The Morgan fingerprint density at radius 3 is 2.43 bits per heavy atom. The summed E-state index contributed by atoms with van der Waals surface area (Å²) in [6, 6.07) is 2.21. The maximum absolute atomic E-state index is 12.8. The summed E-state index contributed by atoms with van der Waals surface area (Å²) in [6.45, 7) is 0. The van der Waals surface area contributed by atoms with E-state index >= 15 is 0 Å². The summed E-state index contributed by atoms with van der Waals surface area (Å²) in [4.78, 5) is 38.0. The Balaban J connectivity index is 3.19. The van der Waals surface area contributed by atoms with E-state index in [0.717, 1.165) is 24.3 Å². The molecule has 0 radical (unpaired) electrons. The van der Waals surface area contributed by atoms with Crippen LogP contribution in [0.4, 0.5) is 18.9 Å². The van der Waals surface area contributed by atoms with Crippen molar-refractivity contribution in [3.05, 3.63) is 53.8 Å². The van der Waals surface area contributed by atoms with Crippen LogP contribution in [0.1, 0.15) is 18.4 Å². The van der Waals surface area contributed by atoms with Crippen LogP contribution in [0.3, 0.4) is 0 Å². The number of hydrogen-bond acceptors (Lipinski definition) is 5. The summed E-state index contributed by atoms with van der Waals surface area (Å²) in [5.74, 6) is -4.43. The predicted octanol–water partition coefficient (Wildman–Crippen LogP) is 2.13. The van der Waals surface area contributed by atoms with Gasteiger partial charge in [0.2, 0.25) is 0 Å². The van der Waals surface area contributed by atoms with Crippen molar-refractivity contribution in [3.63, 3.8) is 0 Å². The molecule has 0 saturated carbocycles. The summed E-state index contributed by atoms with van der Waals surface area (Å²) in [5.41, 5.74) is 4.02. The Morgan fingerprint density at radius 2 is 1.90 bits per heavy atom. The van der Waals surface area contributed by atoms with Gasteiger partial charge in [-0.2, -0.15) is 13.2 Å². The molecule has 0 aliphatic heterocycles. The standard InChI is InChI=1S/C18H18F3N3O6/c19-18(20,21)10-3-1-4-11(9-10)23-15(22)12(5-2-8-25)16(28)24-13(17(29)30)6-7-14(26)27/h1-5,8-9,13,25H,6-7H2,(H2,22,23)(H,24,28)(H,26,27)(H,29,30). The number of aliphatic hydroxyl groups is 1. The number of carboxylic acids is 2. The number of allylic oxidation sites excluding steroid dienone is 2. The molecule has 0 aliphatic carbocycles. The largest absolute Gasteiger partial charge is 0.516 e. The molecule has 12 heteroatoms. The number of nitrogens with zero attached hydrogens (tertiary/aromatic N) is 1. The Hall–Kier alpha value is -3.83. The van der Waals surface area contributed by atoms with Crippen molar-refractivity contribution in [2.24, 2.45) is 10.7 Å². The van der Waals surface area contributed by atoms with Crippen LogP contribution < -0.4 is 11.1 Å². The van der Waals surface area contributed by atoms with E-state index in [1.807, 2.05) is 0 Å². The van der Waals surface area contributed by atoms with Gasteiger partial charge in [-0.3, -0.25) is 9.59 Å². The smallest absolute Gasteiger partial charge is 0.416 e. The second-order valence-corrected chi connectivity index (χ2v) is 5.76. The zero-order chi connectivity index (χ0) is 22.9. The van der Waals surface area contributed by atoms with Crippen LogP contribution >= 0.6 is 0 Å². The van der Waals surface area contributed by atoms with Gasteiger partial charge in [-0.15, -0.1) is 0 Å². The van der Waals surface area contributed by atoms with E-state index in [9.17, 15) is 27.6 Å². The number of carbonyl (C=O) groups is 3. The SMILES string of the molecule is NC(=Nc1cccc(C(F)(F)F)c1)C(=CC=CO)C(=O)NC(CCC(=O)O)C(=O)O. The van der Waals surface area contributed by atoms with E-state index in [-0.39, 0.29) is 5.69 Å². The third-order valence-corrected chi connectivity index (χ3v) is 3.54. The van der Waals surface area contributed by atoms with Crippen LogP contribution in [0.5, 0.6) is 0 Å². The number of nitrogens with two attached hydrogens (primary N) is 1. The average molecular weight is 429 g/mol. The molecular weight excluding hydrogens is 411 g/mol. The molecule has 1 amide bonds. The number of carbonyl (C=O) groups excluding carboxylic acids is 1. The minimum Gasteiger partial charge on any atom is -0.516 e. The maximum atomic E-state index is 12.8. The number of alkyl halides is 3. The van der Waals surface area contributed by atoms with E-state index in [0.29, 0.717) is 12.3 Å². The lowest BCUT2D eigenvalue weighted by Crippen LogP contribution is -2.43. The number of benzene rings is 1. The van der Waals surface area contributed by atoms with Crippen LogP contribution in [-0.4, -0.2) is 45.0 Å². The second kappa shape index (κ2) is 10.6. The minimum absolute atomic E-state index is 0.227. The fourth-order valence-electron chi connectivity index (χ4n) is 2.13. The molecule has 0 bridgehead atoms. The molecule has 0 aliphatic rings. The molecule has 0 aromatic heterocycles. The zero-order valence-electron chi connectivity index (χ0n) is 15.3. The van der Waals surface area contributed by atoms with Crippen LogP contribution in [0, 0.1) is 0 Å². The minimum atomic E-state index is -4.63. The highest BCUT2D eigenvalue weighted by Crippen LogP contribution is 2.31. The van der Waals surface area contributed by atoms with E-state index in [1.54, 1.807) is 0 Å². The summed E-state index contributed by atoms with van der Waals surface area (Å²) in [7, 11) is 0. The number of halogens is 3. The molecule has 1 atom stereocenters. The molecule has 30 heavy (non-hydrogen) atoms. The first-order chi connectivity index (χ1) is 14.0. The molecule has 0 fully saturated rings. The maximum Gasteiger partial charge on any atom is 0.416 e. The molecule has 1 aromatic carbocycles. The number of rotatable bonds is 9. The van der Waals surface area contributed by atoms with E-state index in [1.165, 1.54) is 6.07 Å². The first-order valence-electron chi connectivity index (χ1n) is 8.24. The van der Waals surface area contributed by atoms with Crippen molar-refractivity contribution < 1.29 is 42.9 Å². The lowest BCUT2D eigenvalue weighted by Gasteiger charge is -2.15. The predicted molar refractivity (Wildman–Crippen MR) is 99.0 cm³/mol. The van der Waals surface area contributed by atoms with Gasteiger partial charge in [-0.1, -0.05) is 6.07 Å². The van der Waals surface area contributed by atoms with Crippen molar-refractivity contribution in [1.82, 2.24) is 5.32 Å². The zero-order valence-corrected chi connectivity index (χ0v) is 15.3. The molecule has 0 saturated heterocycles. The van der Waals surface area contributed by atoms with Crippen LogP contribution in [0.2, 0.25) is 0 Å². The van der Waals surface area contributed by atoms with Gasteiger partial charge in [-0.05, 0) is 36.8 Å². The average Bonchev–Trinajstić information content (AvgIpc) is 2.64. The van der Waals surface area contributed by atoms with Crippen LogP contribution in [-0.2, 0) is 20.6 Å². The Kier molecular flexibility index (Phi) is 8.59. The monoisotopic (exact) mass is 429 g/mol. The summed E-state index contributed by atoms with van der Waals surface area (Å²) in [6.07, 6.45) is -3.15. The lowest BCUT2D eigenvalue weighted by atomic mass is 10.1.